The molecule has 0 spiro atoms. The maximum absolute atomic E-state index is 12.5. The molecule has 2 atom stereocenters. The van der Waals surface area contributed by atoms with Gasteiger partial charge in [-0.25, -0.2) is 0 Å². The van der Waals surface area contributed by atoms with E-state index in [2.05, 4.69) is 92.1 Å². The van der Waals surface area contributed by atoms with E-state index in [0.29, 0.717) is 12.8 Å². The first kappa shape index (κ1) is 50.8. The fourth-order valence-electron chi connectivity index (χ4n) is 6.22. The summed E-state index contributed by atoms with van der Waals surface area (Å²) in [6.45, 7) is 4.41. The molecule has 6 nitrogen and oxygen atoms in total. The van der Waals surface area contributed by atoms with Crippen molar-refractivity contribution in [3.63, 3.8) is 0 Å². The van der Waals surface area contributed by atoms with Gasteiger partial charge in [0, 0.05) is 6.42 Å². The van der Waals surface area contributed by atoms with Gasteiger partial charge in [0.25, 0.3) is 10.1 Å². The molecule has 0 saturated carbocycles. The van der Waals surface area contributed by atoms with E-state index in [1.165, 1.54) is 89.9 Å². The Morgan fingerprint density at radius 2 is 0.906 bits per heavy atom. The zero-order valence-electron chi connectivity index (χ0n) is 34.1. The van der Waals surface area contributed by atoms with E-state index in [-0.39, 0.29) is 12.3 Å². The third kappa shape index (κ3) is 40.8. The molecule has 7 heteroatoms. The second-order valence-corrected chi connectivity index (χ2v) is 16.1. The Morgan fingerprint density at radius 1 is 0.528 bits per heavy atom. The second kappa shape index (κ2) is 39.5. The van der Waals surface area contributed by atoms with Gasteiger partial charge in [-0.05, 0) is 64.2 Å². The molecule has 0 aromatic heterocycles. The zero-order valence-corrected chi connectivity index (χ0v) is 34.9. The summed E-state index contributed by atoms with van der Waals surface area (Å²) >= 11 is 0. The average Bonchev–Trinajstić information content (AvgIpc) is 3.12. The van der Waals surface area contributed by atoms with E-state index in [1.807, 2.05) is 0 Å². The van der Waals surface area contributed by atoms with Crippen LogP contribution in [0.5, 0.6) is 0 Å². The molecule has 3 N–H and O–H groups in total. The van der Waals surface area contributed by atoms with Crippen molar-refractivity contribution in [2.45, 2.75) is 206 Å². The summed E-state index contributed by atoms with van der Waals surface area (Å²) in [5.74, 6) is -0.958. The maximum atomic E-state index is 12.5. The van der Waals surface area contributed by atoms with Crippen LogP contribution in [0.3, 0.4) is 0 Å². The SMILES string of the molecule is CC/C=C\C/C=C\C/C=C\C/C=C\C/C=C\C/C=C\CCCCC(=O)NC(CS(=O)(=O)O)C(O)CCCCCCCCCCCCCCCCCCC. The molecule has 0 aliphatic rings. The molecule has 0 aliphatic carbocycles. The van der Waals surface area contributed by atoms with Crippen molar-refractivity contribution in [2.75, 3.05) is 5.75 Å². The molecular formula is C46H81NO5S. The van der Waals surface area contributed by atoms with E-state index in [1.54, 1.807) is 0 Å². The number of hydrogen-bond acceptors (Lipinski definition) is 4. The molecule has 2 unspecified atom stereocenters. The Bertz CT molecular complexity index is 1100. The summed E-state index contributed by atoms with van der Waals surface area (Å²) in [4.78, 5) is 12.5. The van der Waals surface area contributed by atoms with Gasteiger partial charge in [0.05, 0.1) is 17.9 Å². The van der Waals surface area contributed by atoms with Gasteiger partial charge in [-0.1, -0.05) is 196 Å². The van der Waals surface area contributed by atoms with Crippen molar-refractivity contribution in [1.29, 1.82) is 0 Å². The number of aliphatic hydroxyl groups excluding tert-OH is 1. The van der Waals surface area contributed by atoms with Crippen molar-refractivity contribution < 1.29 is 22.9 Å². The first-order valence-corrected chi connectivity index (χ1v) is 23.2. The molecular weight excluding hydrogens is 679 g/mol. The summed E-state index contributed by atoms with van der Waals surface area (Å²) in [6, 6.07) is -0.998. The first-order valence-electron chi connectivity index (χ1n) is 21.6. The van der Waals surface area contributed by atoms with Gasteiger partial charge in [-0.15, -0.1) is 0 Å². The lowest BCUT2D eigenvalue weighted by molar-refractivity contribution is -0.122. The Labute approximate surface area is 327 Å². The van der Waals surface area contributed by atoms with Crippen LogP contribution in [0.25, 0.3) is 0 Å². The number of aliphatic hydroxyl groups is 1. The topological polar surface area (TPSA) is 104 Å². The lowest BCUT2D eigenvalue weighted by Gasteiger charge is -2.23. The van der Waals surface area contributed by atoms with E-state index in [0.717, 1.165) is 70.6 Å². The molecule has 0 aromatic carbocycles. The smallest absolute Gasteiger partial charge is 0.266 e. The Morgan fingerprint density at radius 3 is 1.30 bits per heavy atom. The van der Waals surface area contributed by atoms with Gasteiger partial charge in [0.1, 0.15) is 0 Å². The summed E-state index contributed by atoms with van der Waals surface area (Å²) in [5, 5.41) is 13.4. The number of rotatable bonds is 38. The van der Waals surface area contributed by atoms with Crippen LogP contribution < -0.4 is 5.32 Å². The molecule has 0 bridgehead atoms. The lowest BCUT2D eigenvalue weighted by Crippen LogP contribution is -2.47. The van der Waals surface area contributed by atoms with Crippen molar-refractivity contribution in [2.24, 2.45) is 0 Å². The number of carbonyl (C=O) groups excluding carboxylic acids is 1. The number of hydrogen-bond donors (Lipinski definition) is 3. The molecule has 0 aromatic rings. The van der Waals surface area contributed by atoms with Gasteiger partial charge >= 0.3 is 0 Å². The van der Waals surface area contributed by atoms with Crippen LogP contribution in [0.4, 0.5) is 0 Å². The molecule has 1 amide bonds. The van der Waals surface area contributed by atoms with E-state index in [4.69, 9.17) is 0 Å². The van der Waals surface area contributed by atoms with Crippen molar-refractivity contribution in [3.8, 4) is 0 Å². The maximum Gasteiger partial charge on any atom is 0.266 e. The van der Waals surface area contributed by atoms with Crippen LogP contribution in [-0.2, 0) is 14.9 Å². The van der Waals surface area contributed by atoms with Crippen LogP contribution in [0.2, 0.25) is 0 Å². The van der Waals surface area contributed by atoms with Crippen LogP contribution in [-0.4, -0.2) is 41.9 Å². The van der Waals surface area contributed by atoms with Gasteiger partial charge in [0.2, 0.25) is 5.91 Å². The molecule has 53 heavy (non-hydrogen) atoms. The molecule has 0 radical (unpaired) electrons. The number of unbranched alkanes of at least 4 members (excludes halogenated alkanes) is 18. The van der Waals surface area contributed by atoms with Crippen molar-refractivity contribution >= 4 is 16.0 Å². The lowest BCUT2D eigenvalue weighted by atomic mass is 10.0. The zero-order chi connectivity index (χ0) is 38.9. The molecule has 0 rings (SSSR count). The monoisotopic (exact) mass is 760 g/mol. The van der Waals surface area contributed by atoms with E-state index in [9.17, 15) is 22.9 Å². The Kier molecular flexibility index (Phi) is 37.8. The summed E-state index contributed by atoms with van der Waals surface area (Å²) in [7, 11) is -4.33. The largest absolute Gasteiger partial charge is 0.391 e. The van der Waals surface area contributed by atoms with Crippen LogP contribution in [0.15, 0.2) is 72.9 Å². The average molecular weight is 760 g/mol. The fraction of sp³-hybridized carbons (Fsp3) is 0.717. The fourth-order valence-corrected chi connectivity index (χ4v) is 6.98. The standard InChI is InChI=1S/C46H81NO5S/c1-3-5-7-9-11-13-15-17-19-21-22-23-24-26-28-30-32-34-36-38-40-42-46(49)47-44(43-53(50,51)52)45(48)41-39-37-35-33-31-29-27-25-20-18-16-14-12-10-8-6-4-2/h5,7,11,13,17,19,22-23,26,28,32,34,44-45,48H,3-4,6,8-10,12,14-16,18,20-21,24-25,27,29-31,33,35-43H2,1-2H3,(H,47,49)(H,50,51,52)/b7-5-,13-11-,19-17-,23-22-,28-26-,34-32-. The number of carbonyl (C=O) groups is 1. The van der Waals surface area contributed by atoms with Gasteiger partial charge in [-0.3, -0.25) is 9.35 Å². The number of nitrogens with one attached hydrogen (secondary N) is 1. The Hall–Kier alpha value is -2.22. The van der Waals surface area contributed by atoms with E-state index < -0.39 is 28.0 Å². The second-order valence-electron chi connectivity index (χ2n) is 14.6. The van der Waals surface area contributed by atoms with Crippen molar-refractivity contribution in [3.05, 3.63) is 72.9 Å². The minimum atomic E-state index is -4.33. The highest BCUT2D eigenvalue weighted by Gasteiger charge is 2.26. The number of allylic oxidation sites excluding steroid dienone is 12. The quantitative estimate of drug-likeness (QED) is 0.0330. The number of amides is 1. The van der Waals surface area contributed by atoms with Crippen molar-refractivity contribution in [1.82, 2.24) is 5.32 Å². The summed E-state index contributed by atoms with van der Waals surface area (Å²) in [5.41, 5.74) is 0. The highest BCUT2D eigenvalue weighted by Crippen LogP contribution is 2.16. The minimum Gasteiger partial charge on any atom is -0.391 e. The summed E-state index contributed by atoms with van der Waals surface area (Å²) < 4.78 is 32.6. The molecule has 0 heterocycles. The molecule has 0 aliphatic heterocycles. The molecule has 0 saturated heterocycles. The van der Waals surface area contributed by atoms with Gasteiger partial charge in [-0.2, -0.15) is 8.42 Å². The minimum absolute atomic E-state index is 0.260. The van der Waals surface area contributed by atoms with Gasteiger partial charge < -0.3 is 10.4 Å². The summed E-state index contributed by atoms with van der Waals surface area (Å²) in [6.07, 6.45) is 55.6. The van der Waals surface area contributed by atoms with Crippen LogP contribution >= 0.6 is 0 Å². The van der Waals surface area contributed by atoms with Gasteiger partial charge in [0.15, 0.2) is 0 Å². The third-order valence-corrected chi connectivity index (χ3v) is 10.2. The predicted molar refractivity (Wildman–Crippen MR) is 230 cm³/mol. The normalized spacial score (nSPS) is 14.0. The third-order valence-electron chi connectivity index (χ3n) is 9.43. The molecule has 0 fully saturated rings. The highest BCUT2D eigenvalue weighted by atomic mass is 32.2. The Balaban J connectivity index is 3.97. The predicted octanol–water partition coefficient (Wildman–Crippen LogP) is 13.0. The molecule has 306 valence electrons. The van der Waals surface area contributed by atoms with Crippen LogP contribution in [0.1, 0.15) is 194 Å². The van der Waals surface area contributed by atoms with E-state index >= 15 is 0 Å². The first-order chi connectivity index (χ1) is 25.8. The highest BCUT2D eigenvalue weighted by molar-refractivity contribution is 7.85. The van der Waals surface area contributed by atoms with Crippen LogP contribution in [0, 0.1) is 0 Å².